The van der Waals surface area contributed by atoms with Crippen LogP contribution in [-0.4, -0.2) is 21.7 Å². The Morgan fingerprint density at radius 2 is 1.59 bits per heavy atom. The van der Waals surface area contributed by atoms with Crippen LogP contribution in [0.1, 0.15) is 20.7 Å². The first-order valence-electron chi connectivity index (χ1n) is 8.12. The molecule has 2 N–H and O–H groups in total. The zero-order valence-electron chi connectivity index (χ0n) is 14.6. The van der Waals surface area contributed by atoms with Crippen molar-refractivity contribution < 1.29 is 14.5 Å². The quantitative estimate of drug-likeness (QED) is 0.445. The van der Waals surface area contributed by atoms with Crippen LogP contribution in [0.15, 0.2) is 60.8 Å². The van der Waals surface area contributed by atoms with E-state index < -0.39 is 22.4 Å². The Bertz CT molecular complexity index is 1100. The maximum atomic E-state index is 12.6. The Morgan fingerprint density at radius 3 is 2.28 bits per heavy atom. The summed E-state index contributed by atoms with van der Waals surface area (Å²) in [6.07, 6.45) is 1.38. The van der Waals surface area contributed by atoms with Gasteiger partial charge in [-0.05, 0) is 36.4 Å². The maximum absolute atomic E-state index is 12.6. The minimum absolute atomic E-state index is 0.128. The highest BCUT2D eigenvalue weighted by Gasteiger charge is 2.22. The molecule has 0 radical (unpaired) electrons. The van der Waals surface area contributed by atoms with Gasteiger partial charge in [-0.25, -0.2) is 4.98 Å². The zero-order valence-corrected chi connectivity index (χ0v) is 16.1. The SMILES string of the molecule is O=C(Nc1ccc(Cl)cn1)c1ccccc1NC(=O)c1ccc(Cl)cc1[N+](=O)[O-]. The molecule has 10 heteroatoms. The molecule has 8 nitrogen and oxygen atoms in total. The number of nitrogens with zero attached hydrogens (tertiary/aromatic N) is 2. The molecular weight excluding hydrogens is 419 g/mol. The van der Waals surface area contributed by atoms with E-state index in [9.17, 15) is 19.7 Å². The van der Waals surface area contributed by atoms with Crippen LogP contribution in [0.4, 0.5) is 17.2 Å². The van der Waals surface area contributed by atoms with Crippen molar-refractivity contribution in [3.63, 3.8) is 0 Å². The van der Waals surface area contributed by atoms with Gasteiger partial charge in [-0.1, -0.05) is 35.3 Å². The average Bonchev–Trinajstić information content (AvgIpc) is 2.70. The van der Waals surface area contributed by atoms with Gasteiger partial charge in [0.2, 0.25) is 0 Å². The van der Waals surface area contributed by atoms with E-state index in [1.807, 2.05) is 0 Å². The number of para-hydroxylation sites is 1. The van der Waals surface area contributed by atoms with Crippen molar-refractivity contribution in [1.82, 2.24) is 4.98 Å². The first-order valence-corrected chi connectivity index (χ1v) is 8.88. The molecule has 2 amide bonds. The fourth-order valence-corrected chi connectivity index (χ4v) is 2.74. The molecule has 2 aromatic carbocycles. The summed E-state index contributed by atoms with van der Waals surface area (Å²) in [4.78, 5) is 39.7. The van der Waals surface area contributed by atoms with Gasteiger partial charge < -0.3 is 10.6 Å². The zero-order chi connectivity index (χ0) is 21.0. The van der Waals surface area contributed by atoms with Crippen LogP contribution < -0.4 is 10.6 Å². The Hall–Kier alpha value is -3.49. The third-order valence-electron chi connectivity index (χ3n) is 3.79. The van der Waals surface area contributed by atoms with Crippen molar-refractivity contribution in [1.29, 1.82) is 0 Å². The molecule has 0 aliphatic rings. The first-order chi connectivity index (χ1) is 13.8. The van der Waals surface area contributed by atoms with Crippen LogP contribution in [0, 0.1) is 10.1 Å². The van der Waals surface area contributed by atoms with Crippen LogP contribution in [-0.2, 0) is 0 Å². The second-order valence-corrected chi connectivity index (χ2v) is 6.61. The van der Waals surface area contributed by atoms with Crippen LogP contribution in [0.2, 0.25) is 10.0 Å². The third-order valence-corrected chi connectivity index (χ3v) is 4.25. The van der Waals surface area contributed by atoms with Crippen molar-refractivity contribution in [2.45, 2.75) is 0 Å². The highest BCUT2D eigenvalue weighted by molar-refractivity contribution is 6.31. The Labute approximate surface area is 174 Å². The van der Waals surface area contributed by atoms with Crippen molar-refractivity contribution in [2.75, 3.05) is 10.6 Å². The number of halogens is 2. The molecule has 3 aromatic rings. The predicted molar refractivity (Wildman–Crippen MR) is 110 cm³/mol. The van der Waals surface area contributed by atoms with E-state index in [1.165, 1.54) is 36.5 Å². The molecular formula is C19H12Cl2N4O4. The molecule has 1 aromatic heterocycles. The van der Waals surface area contributed by atoms with Crippen LogP contribution in [0.25, 0.3) is 0 Å². The fraction of sp³-hybridized carbons (Fsp3) is 0. The summed E-state index contributed by atoms with van der Waals surface area (Å²) in [6.45, 7) is 0. The van der Waals surface area contributed by atoms with Gasteiger partial charge in [0.05, 0.1) is 21.2 Å². The molecule has 0 bridgehead atoms. The molecule has 0 aliphatic heterocycles. The molecule has 146 valence electrons. The van der Waals surface area contributed by atoms with Crippen molar-refractivity contribution in [3.8, 4) is 0 Å². The predicted octanol–water partition coefficient (Wildman–Crippen LogP) is 4.80. The largest absolute Gasteiger partial charge is 0.321 e. The van der Waals surface area contributed by atoms with E-state index in [2.05, 4.69) is 15.6 Å². The number of amides is 2. The molecule has 0 spiro atoms. The molecule has 0 unspecified atom stereocenters. The molecule has 0 aliphatic carbocycles. The van der Waals surface area contributed by atoms with Gasteiger partial charge in [-0.15, -0.1) is 0 Å². The molecule has 0 saturated carbocycles. The number of nitro benzene ring substituents is 1. The molecule has 1 heterocycles. The van der Waals surface area contributed by atoms with Crippen molar-refractivity contribution >= 4 is 52.2 Å². The maximum Gasteiger partial charge on any atom is 0.283 e. The highest BCUT2D eigenvalue weighted by Crippen LogP contribution is 2.25. The average molecular weight is 431 g/mol. The lowest BCUT2D eigenvalue weighted by atomic mass is 10.1. The van der Waals surface area contributed by atoms with E-state index in [4.69, 9.17) is 23.2 Å². The summed E-state index contributed by atoms with van der Waals surface area (Å²) >= 11 is 11.5. The number of hydrogen-bond donors (Lipinski definition) is 2. The third kappa shape index (κ3) is 4.87. The van der Waals surface area contributed by atoms with E-state index in [0.717, 1.165) is 6.07 Å². The van der Waals surface area contributed by atoms with Crippen molar-refractivity contribution in [2.24, 2.45) is 0 Å². The highest BCUT2D eigenvalue weighted by atomic mass is 35.5. The monoisotopic (exact) mass is 430 g/mol. The summed E-state index contributed by atoms with van der Waals surface area (Å²) in [6, 6.07) is 13.0. The minimum atomic E-state index is -0.752. The first kappa shape index (κ1) is 20.2. The van der Waals surface area contributed by atoms with Gasteiger partial charge in [0, 0.05) is 17.3 Å². The Balaban J connectivity index is 1.86. The normalized spacial score (nSPS) is 10.3. The van der Waals surface area contributed by atoms with E-state index in [0.29, 0.717) is 5.02 Å². The summed E-state index contributed by atoms with van der Waals surface area (Å²) in [7, 11) is 0. The number of carbonyl (C=O) groups is 2. The van der Waals surface area contributed by atoms with Crippen LogP contribution >= 0.6 is 23.2 Å². The standard InChI is InChI=1S/C19H12Cl2N4O4/c20-11-5-7-14(16(9-11)25(28)29)19(27)23-15-4-2-1-3-13(15)18(26)24-17-8-6-12(21)10-22-17/h1-10H,(H,23,27)(H,22,24,26). The van der Waals surface area contributed by atoms with Gasteiger partial charge in [0.15, 0.2) is 0 Å². The lowest BCUT2D eigenvalue weighted by molar-refractivity contribution is -0.385. The van der Waals surface area contributed by atoms with Crippen molar-refractivity contribution in [3.05, 3.63) is 92.1 Å². The minimum Gasteiger partial charge on any atom is -0.321 e. The summed E-state index contributed by atoms with van der Waals surface area (Å²) in [5, 5.41) is 16.9. The smallest absolute Gasteiger partial charge is 0.283 e. The second-order valence-electron chi connectivity index (χ2n) is 5.73. The number of nitrogens with one attached hydrogen (secondary N) is 2. The van der Waals surface area contributed by atoms with Gasteiger partial charge in [0.25, 0.3) is 17.5 Å². The number of aromatic nitrogens is 1. The molecule has 29 heavy (non-hydrogen) atoms. The van der Waals surface area contributed by atoms with Gasteiger partial charge in [-0.3, -0.25) is 19.7 Å². The number of pyridine rings is 1. The van der Waals surface area contributed by atoms with Crippen LogP contribution in [0.5, 0.6) is 0 Å². The summed E-state index contributed by atoms with van der Waals surface area (Å²) in [5.41, 5.74) is -0.307. The lowest BCUT2D eigenvalue weighted by Gasteiger charge is -2.11. The number of anilines is 2. The molecule has 0 saturated heterocycles. The fourth-order valence-electron chi connectivity index (χ4n) is 2.46. The lowest BCUT2D eigenvalue weighted by Crippen LogP contribution is -2.19. The number of benzene rings is 2. The number of carbonyl (C=O) groups excluding carboxylic acids is 2. The summed E-state index contributed by atoms with van der Waals surface area (Å²) in [5.74, 6) is -1.01. The van der Waals surface area contributed by atoms with E-state index >= 15 is 0 Å². The Morgan fingerprint density at radius 1 is 0.897 bits per heavy atom. The number of hydrogen-bond acceptors (Lipinski definition) is 5. The van der Waals surface area contributed by atoms with E-state index in [-0.39, 0.29) is 27.7 Å². The second kappa shape index (κ2) is 8.68. The number of nitro groups is 1. The van der Waals surface area contributed by atoms with Gasteiger partial charge >= 0.3 is 0 Å². The van der Waals surface area contributed by atoms with Gasteiger partial charge in [-0.2, -0.15) is 0 Å². The topological polar surface area (TPSA) is 114 Å². The van der Waals surface area contributed by atoms with E-state index in [1.54, 1.807) is 18.2 Å². The Kier molecular flexibility index (Phi) is 6.06. The number of rotatable bonds is 5. The molecule has 0 fully saturated rings. The summed E-state index contributed by atoms with van der Waals surface area (Å²) < 4.78 is 0. The van der Waals surface area contributed by atoms with Gasteiger partial charge in [0.1, 0.15) is 11.4 Å². The van der Waals surface area contributed by atoms with Crippen LogP contribution in [0.3, 0.4) is 0 Å². The molecule has 0 atom stereocenters. The molecule has 3 rings (SSSR count).